The number of rotatable bonds is 6. The van der Waals surface area contributed by atoms with Crippen LogP contribution in [0.2, 0.25) is 5.02 Å². The van der Waals surface area contributed by atoms with E-state index in [9.17, 15) is 5.11 Å². The van der Waals surface area contributed by atoms with Gasteiger partial charge in [0.25, 0.3) is 0 Å². The van der Waals surface area contributed by atoms with E-state index in [1.54, 1.807) is 0 Å². The molecule has 0 amide bonds. The summed E-state index contributed by atoms with van der Waals surface area (Å²) in [6.45, 7) is 6.73. The molecule has 96 valence electrons. The van der Waals surface area contributed by atoms with E-state index in [4.69, 9.17) is 11.6 Å². The van der Waals surface area contributed by atoms with Gasteiger partial charge in [0, 0.05) is 17.6 Å². The fraction of sp³-hybridized carbons (Fsp3) is 0.571. The van der Waals surface area contributed by atoms with Crippen LogP contribution >= 0.6 is 11.6 Å². The zero-order valence-corrected chi connectivity index (χ0v) is 11.6. The minimum atomic E-state index is -0.597. The fourth-order valence-corrected chi connectivity index (χ4v) is 1.84. The first-order valence-electron chi connectivity index (χ1n) is 6.22. The molecule has 1 rings (SSSR count). The monoisotopic (exact) mass is 255 g/mol. The molecule has 0 saturated carbocycles. The van der Waals surface area contributed by atoms with Gasteiger partial charge in [-0.05, 0) is 37.5 Å². The number of hydrogen-bond acceptors (Lipinski definition) is 2. The number of aliphatic hydroxyl groups is 1. The van der Waals surface area contributed by atoms with Crippen molar-refractivity contribution < 1.29 is 5.11 Å². The SMILES string of the molecule is CCC(O)(CC)CNC(C)c1ccc(Cl)cc1. The number of nitrogens with one attached hydrogen (secondary N) is 1. The van der Waals surface area contributed by atoms with Crippen LogP contribution in [0.1, 0.15) is 45.2 Å². The first-order valence-corrected chi connectivity index (χ1v) is 6.60. The van der Waals surface area contributed by atoms with Crippen LogP contribution < -0.4 is 5.32 Å². The predicted molar refractivity (Wildman–Crippen MR) is 73.4 cm³/mol. The highest BCUT2D eigenvalue weighted by molar-refractivity contribution is 6.30. The molecule has 0 aliphatic heterocycles. The Morgan fingerprint density at radius 3 is 2.24 bits per heavy atom. The number of halogens is 1. The second-order valence-electron chi connectivity index (χ2n) is 4.59. The van der Waals surface area contributed by atoms with Gasteiger partial charge in [-0.3, -0.25) is 0 Å². The van der Waals surface area contributed by atoms with Crippen LogP contribution in [0.15, 0.2) is 24.3 Å². The van der Waals surface area contributed by atoms with Crippen LogP contribution in [0, 0.1) is 0 Å². The molecule has 1 unspecified atom stereocenters. The topological polar surface area (TPSA) is 32.3 Å². The Morgan fingerprint density at radius 1 is 1.24 bits per heavy atom. The Balaban J connectivity index is 2.55. The fourth-order valence-electron chi connectivity index (χ4n) is 1.71. The Hall–Kier alpha value is -0.570. The molecule has 0 spiro atoms. The third-order valence-corrected chi connectivity index (χ3v) is 3.68. The lowest BCUT2D eigenvalue weighted by Gasteiger charge is -2.27. The molecule has 1 aromatic carbocycles. The van der Waals surface area contributed by atoms with E-state index in [0.717, 1.165) is 17.9 Å². The molecular weight excluding hydrogens is 234 g/mol. The minimum Gasteiger partial charge on any atom is -0.389 e. The summed E-state index contributed by atoms with van der Waals surface area (Å²) in [5, 5.41) is 14.3. The lowest BCUT2D eigenvalue weighted by molar-refractivity contribution is 0.0303. The zero-order valence-electron chi connectivity index (χ0n) is 10.8. The van der Waals surface area contributed by atoms with Crippen molar-refractivity contribution in [3.05, 3.63) is 34.9 Å². The minimum absolute atomic E-state index is 0.219. The molecule has 1 aromatic rings. The Kier molecular flexibility index (Phi) is 5.44. The van der Waals surface area contributed by atoms with E-state index >= 15 is 0 Å². The highest BCUT2D eigenvalue weighted by Gasteiger charge is 2.22. The average Bonchev–Trinajstić information content (AvgIpc) is 2.36. The standard InChI is InChI=1S/C14H22ClNO/c1-4-14(17,5-2)10-16-11(3)12-6-8-13(15)9-7-12/h6-9,11,16-17H,4-5,10H2,1-3H3. The summed E-state index contributed by atoms with van der Waals surface area (Å²) in [4.78, 5) is 0. The Bertz CT molecular complexity index is 333. The maximum atomic E-state index is 10.2. The van der Waals surface area contributed by atoms with Crippen molar-refractivity contribution in [1.29, 1.82) is 0 Å². The van der Waals surface area contributed by atoms with E-state index in [1.165, 1.54) is 5.56 Å². The van der Waals surface area contributed by atoms with Crippen molar-refractivity contribution in [1.82, 2.24) is 5.32 Å². The van der Waals surface area contributed by atoms with Gasteiger partial charge in [-0.1, -0.05) is 37.6 Å². The molecule has 3 heteroatoms. The molecule has 0 radical (unpaired) electrons. The number of hydrogen-bond donors (Lipinski definition) is 2. The van der Waals surface area contributed by atoms with Gasteiger partial charge in [-0.2, -0.15) is 0 Å². The molecule has 1 atom stereocenters. The molecule has 0 aliphatic rings. The van der Waals surface area contributed by atoms with E-state index in [-0.39, 0.29) is 6.04 Å². The molecule has 0 saturated heterocycles. The van der Waals surface area contributed by atoms with E-state index in [1.807, 2.05) is 38.1 Å². The normalized spacial score (nSPS) is 13.7. The van der Waals surface area contributed by atoms with Crippen molar-refractivity contribution in [3.8, 4) is 0 Å². The van der Waals surface area contributed by atoms with Crippen molar-refractivity contribution in [2.45, 2.75) is 45.3 Å². The third kappa shape index (κ3) is 4.30. The first kappa shape index (κ1) is 14.5. The van der Waals surface area contributed by atoms with Gasteiger partial charge in [0.15, 0.2) is 0 Å². The Labute approximate surface area is 109 Å². The van der Waals surface area contributed by atoms with Crippen LogP contribution in [0.4, 0.5) is 0 Å². The molecule has 17 heavy (non-hydrogen) atoms. The van der Waals surface area contributed by atoms with Gasteiger partial charge >= 0.3 is 0 Å². The maximum absolute atomic E-state index is 10.2. The molecule has 0 aliphatic carbocycles. The first-order chi connectivity index (χ1) is 8.00. The average molecular weight is 256 g/mol. The van der Waals surface area contributed by atoms with Crippen LogP contribution in [0.5, 0.6) is 0 Å². The van der Waals surface area contributed by atoms with Crippen LogP contribution in [-0.4, -0.2) is 17.3 Å². The summed E-state index contributed by atoms with van der Waals surface area (Å²) in [5.74, 6) is 0. The summed E-state index contributed by atoms with van der Waals surface area (Å²) in [7, 11) is 0. The van der Waals surface area contributed by atoms with E-state index in [2.05, 4.69) is 12.2 Å². The highest BCUT2D eigenvalue weighted by Crippen LogP contribution is 2.18. The van der Waals surface area contributed by atoms with Gasteiger partial charge in [0.2, 0.25) is 0 Å². The van der Waals surface area contributed by atoms with Gasteiger partial charge in [-0.15, -0.1) is 0 Å². The van der Waals surface area contributed by atoms with Crippen molar-refractivity contribution in [2.24, 2.45) is 0 Å². The molecule has 2 N–H and O–H groups in total. The second kappa shape index (κ2) is 6.39. The zero-order chi connectivity index (χ0) is 12.9. The number of benzene rings is 1. The van der Waals surface area contributed by atoms with Crippen LogP contribution in [0.3, 0.4) is 0 Å². The van der Waals surface area contributed by atoms with Crippen molar-refractivity contribution in [2.75, 3.05) is 6.54 Å². The Morgan fingerprint density at radius 2 is 1.76 bits per heavy atom. The summed E-state index contributed by atoms with van der Waals surface area (Å²) in [6, 6.07) is 8.02. The van der Waals surface area contributed by atoms with Crippen molar-refractivity contribution >= 4 is 11.6 Å². The van der Waals surface area contributed by atoms with Crippen molar-refractivity contribution in [3.63, 3.8) is 0 Å². The molecule has 0 fully saturated rings. The van der Waals surface area contributed by atoms with Gasteiger partial charge < -0.3 is 10.4 Å². The van der Waals surface area contributed by atoms with Gasteiger partial charge in [0.1, 0.15) is 0 Å². The van der Waals surface area contributed by atoms with Crippen LogP contribution in [0.25, 0.3) is 0 Å². The van der Waals surface area contributed by atoms with E-state index < -0.39 is 5.60 Å². The smallest absolute Gasteiger partial charge is 0.0766 e. The molecule has 2 nitrogen and oxygen atoms in total. The lowest BCUT2D eigenvalue weighted by atomic mass is 9.96. The lowest BCUT2D eigenvalue weighted by Crippen LogP contribution is -2.40. The van der Waals surface area contributed by atoms with Gasteiger partial charge in [-0.25, -0.2) is 0 Å². The summed E-state index contributed by atoms with van der Waals surface area (Å²) < 4.78 is 0. The quantitative estimate of drug-likeness (QED) is 0.815. The second-order valence-corrected chi connectivity index (χ2v) is 5.02. The molecule has 0 aromatic heterocycles. The summed E-state index contributed by atoms with van der Waals surface area (Å²) >= 11 is 5.85. The summed E-state index contributed by atoms with van der Waals surface area (Å²) in [5.41, 5.74) is 0.588. The molecule has 0 bridgehead atoms. The van der Waals surface area contributed by atoms with Crippen LogP contribution in [-0.2, 0) is 0 Å². The molecule has 0 heterocycles. The largest absolute Gasteiger partial charge is 0.389 e. The van der Waals surface area contributed by atoms with E-state index in [0.29, 0.717) is 6.54 Å². The predicted octanol–water partition coefficient (Wildman–Crippen LogP) is 3.54. The maximum Gasteiger partial charge on any atom is 0.0766 e. The molecular formula is C14H22ClNO. The van der Waals surface area contributed by atoms with Gasteiger partial charge in [0.05, 0.1) is 5.60 Å². The summed E-state index contributed by atoms with van der Waals surface area (Å²) in [6.07, 6.45) is 1.54. The highest BCUT2D eigenvalue weighted by atomic mass is 35.5. The third-order valence-electron chi connectivity index (χ3n) is 3.42.